The molecule has 0 amide bonds. The standard InChI is InChI=1S/C17H20ClN5O2S.ClH/c1-11-8-13(10-22(3)4)20-17-15(16(19-2)21-23(11)17)26(24,25)14-7-5-6-12(18)9-14;/h5-9H,10H2,1-4H3,(H,19,21);1H. The highest BCUT2D eigenvalue weighted by atomic mass is 35.5. The summed E-state index contributed by atoms with van der Waals surface area (Å²) in [6.45, 7) is 2.46. The number of aryl methyl sites for hydroxylation is 1. The Morgan fingerprint density at radius 1 is 1.26 bits per heavy atom. The van der Waals surface area contributed by atoms with E-state index in [1.807, 2.05) is 32.0 Å². The van der Waals surface area contributed by atoms with Crippen LogP contribution in [0.5, 0.6) is 0 Å². The first-order chi connectivity index (χ1) is 12.2. The van der Waals surface area contributed by atoms with E-state index in [9.17, 15) is 8.42 Å². The molecule has 0 atom stereocenters. The Bertz CT molecular complexity index is 1080. The number of hydrogen-bond acceptors (Lipinski definition) is 6. The van der Waals surface area contributed by atoms with Gasteiger partial charge in [-0.15, -0.1) is 17.5 Å². The first kappa shape index (κ1) is 21.4. The molecular weight excluding hydrogens is 409 g/mol. The lowest BCUT2D eigenvalue weighted by Crippen LogP contribution is -2.13. The van der Waals surface area contributed by atoms with Gasteiger partial charge in [0.05, 0.1) is 10.6 Å². The Kier molecular flexibility index (Phi) is 6.36. The van der Waals surface area contributed by atoms with Crippen LogP contribution < -0.4 is 5.32 Å². The van der Waals surface area contributed by atoms with Crippen LogP contribution in [0, 0.1) is 6.92 Å². The lowest BCUT2D eigenvalue weighted by molar-refractivity contribution is 0.396. The molecule has 146 valence electrons. The van der Waals surface area contributed by atoms with E-state index in [4.69, 9.17) is 11.6 Å². The Hall–Kier alpha value is -1.87. The van der Waals surface area contributed by atoms with Gasteiger partial charge in [0.25, 0.3) is 0 Å². The molecule has 0 spiro atoms. The minimum Gasteiger partial charge on any atom is -0.370 e. The fraction of sp³-hybridized carbons (Fsp3) is 0.294. The van der Waals surface area contributed by atoms with Gasteiger partial charge in [-0.25, -0.2) is 17.9 Å². The number of benzene rings is 1. The highest BCUT2D eigenvalue weighted by Crippen LogP contribution is 2.32. The van der Waals surface area contributed by atoms with E-state index in [1.165, 1.54) is 12.1 Å². The minimum atomic E-state index is -3.86. The van der Waals surface area contributed by atoms with Crippen LogP contribution in [0.15, 0.2) is 40.1 Å². The second kappa shape index (κ2) is 8.02. The normalized spacial score (nSPS) is 11.6. The molecule has 0 aliphatic rings. The number of fused-ring (bicyclic) bond motifs is 1. The quantitative estimate of drug-likeness (QED) is 0.671. The van der Waals surface area contributed by atoms with Crippen molar-refractivity contribution in [2.24, 2.45) is 0 Å². The van der Waals surface area contributed by atoms with Gasteiger partial charge >= 0.3 is 0 Å². The van der Waals surface area contributed by atoms with Crippen molar-refractivity contribution >= 4 is 45.3 Å². The monoisotopic (exact) mass is 429 g/mol. The highest BCUT2D eigenvalue weighted by Gasteiger charge is 2.29. The van der Waals surface area contributed by atoms with Crippen LogP contribution in [0.4, 0.5) is 5.82 Å². The third kappa shape index (κ3) is 4.03. The Balaban J connectivity index is 0.00000261. The summed E-state index contributed by atoms with van der Waals surface area (Å²) in [5.74, 6) is 0.252. The topological polar surface area (TPSA) is 79.6 Å². The van der Waals surface area contributed by atoms with E-state index in [0.29, 0.717) is 17.2 Å². The van der Waals surface area contributed by atoms with Crippen molar-refractivity contribution in [3.8, 4) is 0 Å². The van der Waals surface area contributed by atoms with Crippen LogP contribution in [0.1, 0.15) is 11.4 Å². The predicted molar refractivity (Wildman–Crippen MR) is 109 cm³/mol. The average Bonchev–Trinajstić information content (AvgIpc) is 2.94. The molecule has 0 saturated carbocycles. The molecule has 1 N–H and O–H groups in total. The van der Waals surface area contributed by atoms with E-state index in [-0.39, 0.29) is 28.0 Å². The van der Waals surface area contributed by atoms with Gasteiger partial charge in [-0.05, 0) is 45.3 Å². The van der Waals surface area contributed by atoms with Crippen LogP contribution in [0.25, 0.3) is 5.65 Å². The maximum Gasteiger partial charge on any atom is 0.214 e. The van der Waals surface area contributed by atoms with Gasteiger partial charge in [-0.3, -0.25) is 0 Å². The molecule has 7 nitrogen and oxygen atoms in total. The molecule has 0 aliphatic heterocycles. The number of nitrogens with one attached hydrogen (secondary N) is 1. The van der Waals surface area contributed by atoms with Gasteiger partial charge in [0.15, 0.2) is 16.4 Å². The molecule has 0 saturated heterocycles. The van der Waals surface area contributed by atoms with Crippen LogP contribution >= 0.6 is 24.0 Å². The van der Waals surface area contributed by atoms with Crippen molar-refractivity contribution in [2.75, 3.05) is 26.5 Å². The van der Waals surface area contributed by atoms with Crippen LogP contribution in [-0.4, -0.2) is 49.1 Å². The van der Waals surface area contributed by atoms with E-state index >= 15 is 0 Å². The zero-order chi connectivity index (χ0) is 19.1. The van der Waals surface area contributed by atoms with Gasteiger partial charge in [0.2, 0.25) is 9.84 Å². The van der Waals surface area contributed by atoms with Crippen molar-refractivity contribution in [3.05, 3.63) is 46.7 Å². The van der Waals surface area contributed by atoms with Gasteiger partial charge in [0, 0.05) is 24.3 Å². The van der Waals surface area contributed by atoms with Gasteiger partial charge < -0.3 is 10.2 Å². The predicted octanol–water partition coefficient (Wildman–Crippen LogP) is 3.05. The summed E-state index contributed by atoms with van der Waals surface area (Å²) in [6, 6.07) is 8.08. The molecule has 3 rings (SSSR count). The summed E-state index contributed by atoms with van der Waals surface area (Å²) in [4.78, 5) is 6.69. The van der Waals surface area contributed by atoms with Crippen LogP contribution in [0.2, 0.25) is 5.02 Å². The van der Waals surface area contributed by atoms with Crippen molar-refractivity contribution in [1.82, 2.24) is 19.5 Å². The number of halogens is 2. The summed E-state index contributed by atoms with van der Waals surface area (Å²) in [6.07, 6.45) is 0. The molecule has 0 unspecified atom stereocenters. The summed E-state index contributed by atoms with van der Waals surface area (Å²) in [7, 11) is 1.64. The SMILES string of the molecule is CNc1nn2c(C)cc(CN(C)C)nc2c1S(=O)(=O)c1cccc(Cl)c1.Cl. The number of anilines is 1. The third-order valence-corrected chi connectivity index (χ3v) is 5.89. The van der Waals surface area contributed by atoms with Gasteiger partial charge in [0.1, 0.15) is 0 Å². The number of sulfone groups is 1. The molecule has 27 heavy (non-hydrogen) atoms. The Morgan fingerprint density at radius 2 is 1.96 bits per heavy atom. The Morgan fingerprint density at radius 3 is 2.56 bits per heavy atom. The lowest BCUT2D eigenvalue weighted by atomic mass is 10.3. The average molecular weight is 430 g/mol. The zero-order valence-electron chi connectivity index (χ0n) is 15.4. The minimum absolute atomic E-state index is 0. The number of hydrogen-bond donors (Lipinski definition) is 1. The largest absolute Gasteiger partial charge is 0.370 e. The summed E-state index contributed by atoms with van der Waals surface area (Å²) in [5, 5.41) is 7.60. The second-order valence-electron chi connectivity index (χ2n) is 6.25. The van der Waals surface area contributed by atoms with Crippen molar-refractivity contribution < 1.29 is 8.42 Å². The molecule has 1 aromatic carbocycles. The van der Waals surface area contributed by atoms with Crippen molar-refractivity contribution in [3.63, 3.8) is 0 Å². The Labute approximate surface area is 169 Å². The molecule has 10 heteroatoms. The number of nitrogens with zero attached hydrogens (tertiary/aromatic N) is 4. The maximum atomic E-state index is 13.3. The fourth-order valence-corrected chi connectivity index (χ4v) is 4.58. The summed E-state index contributed by atoms with van der Waals surface area (Å²) < 4.78 is 28.1. The molecule has 3 aromatic rings. The van der Waals surface area contributed by atoms with Gasteiger partial charge in [-0.1, -0.05) is 17.7 Å². The summed E-state index contributed by atoms with van der Waals surface area (Å²) in [5.41, 5.74) is 1.87. The fourth-order valence-electron chi connectivity index (χ4n) is 2.78. The zero-order valence-corrected chi connectivity index (χ0v) is 17.8. The molecule has 0 aliphatic carbocycles. The summed E-state index contributed by atoms with van der Waals surface area (Å²) >= 11 is 5.99. The molecule has 0 bridgehead atoms. The molecular formula is C17H21Cl2N5O2S. The smallest absolute Gasteiger partial charge is 0.214 e. The van der Waals surface area contributed by atoms with Gasteiger partial charge in [-0.2, -0.15) is 0 Å². The first-order valence-corrected chi connectivity index (χ1v) is 9.82. The molecule has 0 fully saturated rings. The lowest BCUT2D eigenvalue weighted by Gasteiger charge is -2.11. The van der Waals surface area contributed by atoms with E-state index in [1.54, 1.807) is 23.7 Å². The number of aromatic nitrogens is 3. The van der Waals surface area contributed by atoms with E-state index < -0.39 is 9.84 Å². The van der Waals surface area contributed by atoms with Crippen molar-refractivity contribution in [1.29, 1.82) is 0 Å². The molecule has 0 radical (unpaired) electrons. The molecule has 2 heterocycles. The first-order valence-electron chi connectivity index (χ1n) is 7.96. The third-order valence-electron chi connectivity index (χ3n) is 3.87. The van der Waals surface area contributed by atoms with E-state index in [0.717, 1.165) is 11.4 Å². The highest BCUT2D eigenvalue weighted by molar-refractivity contribution is 7.91. The maximum absolute atomic E-state index is 13.3. The second-order valence-corrected chi connectivity index (χ2v) is 8.57. The van der Waals surface area contributed by atoms with E-state index in [2.05, 4.69) is 15.4 Å². The molecule has 2 aromatic heterocycles. The number of rotatable bonds is 5. The van der Waals surface area contributed by atoms with Crippen LogP contribution in [-0.2, 0) is 16.4 Å². The van der Waals surface area contributed by atoms with Crippen LogP contribution in [0.3, 0.4) is 0 Å². The van der Waals surface area contributed by atoms with Crippen molar-refractivity contribution in [2.45, 2.75) is 23.3 Å².